The number of ketones is 1. The molecule has 1 aromatic carbocycles. The first-order chi connectivity index (χ1) is 13.7. The number of thiophene rings is 1. The van der Waals surface area contributed by atoms with Gasteiger partial charge in [-0.15, -0.1) is 17.9 Å². The van der Waals surface area contributed by atoms with E-state index in [1.54, 1.807) is 22.8 Å². The van der Waals surface area contributed by atoms with Gasteiger partial charge in [0.05, 0.1) is 17.4 Å². The molecule has 0 fully saturated rings. The van der Waals surface area contributed by atoms with Gasteiger partial charge >= 0.3 is 0 Å². The standard InChI is InChI=1S/C21H16N2O3S2/c1-2-10-23-20(25)18-15(14-7-4-3-5-8-14)12-27-19(18)22-21(23)28-13-16(24)17-9-6-11-26-17/h2-9,11-12H,1,10,13H2. The van der Waals surface area contributed by atoms with Crippen LogP contribution in [0, 0.1) is 0 Å². The monoisotopic (exact) mass is 408 g/mol. The van der Waals surface area contributed by atoms with Crippen molar-refractivity contribution in [2.75, 3.05) is 5.75 Å². The number of benzene rings is 1. The molecule has 28 heavy (non-hydrogen) atoms. The Morgan fingerprint density at radius 2 is 2.07 bits per heavy atom. The Bertz CT molecular complexity index is 1190. The molecule has 7 heteroatoms. The van der Waals surface area contributed by atoms with E-state index in [1.807, 2.05) is 35.7 Å². The normalized spacial score (nSPS) is 11.0. The number of carbonyl (C=O) groups excluding carboxylic acids is 1. The smallest absolute Gasteiger partial charge is 0.263 e. The lowest BCUT2D eigenvalue weighted by molar-refractivity contribution is 0.0992. The summed E-state index contributed by atoms with van der Waals surface area (Å²) in [6, 6.07) is 13.1. The van der Waals surface area contributed by atoms with Crippen LogP contribution in [0.25, 0.3) is 21.3 Å². The molecule has 0 aliphatic carbocycles. The van der Waals surface area contributed by atoms with Crippen molar-refractivity contribution in [1.29, 1.82) is 0 Å². The second-order valence-electron chi connectivity index (χ2n) is 5.98. The molecule has 0 atom stereocenters. The zero-order chi connectivity index (χ0) is 19.5. The van der Waals surface area contributed by atoms with Crippen LogP contribution in [0.1, 0.15) is 10.6 Å². The van der Waals surface area contributed by atoms with Crippen molar-refractivity contribution >= 4 is 39.1 Å². The van der Waals surface area contributed by atoms with Crippen LogP contribution in [0.15, 0.2) is 81.1 Å². The minimum atomic E-state index is -0.148. The Morgan fingerprint density at radius 3 is 2.79 bits per heavy atom. The summed E-state index contributed by atoms with van der Waals surface area (Å²) in [6.07, 6.45) is 3.12. The SMILES string of the molecule is C=CCn1c(SCC(=O)c2ccco2)nc2scc(-c3ccccc3)c2c1=O. The van der Waals surface area contributed by atoms with Crippen LogP contribution in [0.4, 0.5) is 0 Å². The molecule has 0 spiro atoms. The van der Waals surface area contributed by atoms with Gasteiger partial charge in [0.2, 0.25) is 5.78 Å². The predicted octanol–water partition coefficient (Wildman–Crippen LogP) is 4.88. The summed E-state index contributed by atoms with van der Waals surface area (Å²) < 4.78 is 6.71. The van der Waals surface area contributed by atoms with Crippen molar-refractivity contribution in [1.82, 2.24) is 9.55 Å². The first-order valence-electron chi connectivity index (χ1n) is 8.57. The molecular formula is C21H16N2O3S2. The van der Waals surface area contributed by atoms with E-state index in [0.29, 0.717) is 27.7 Å². The fourth-order valence-corrected chi connectivity index (χ4v) is 4.74. The van der Waals surface area contributed by atoms with Gasteiger partial charge < -0.3 is 4.42 Å². The van der Waals surface area contributed by atoms with Crippen molar-refractivity contribution in [2.24, 2.45) is 0 Å². The molecule has 0 saturated heterocycles. The number of Topliss-reactive ketones (excluding diaryl/α,β-unsaturated/α-hetero) is 1. The highest BCUT2D eigenvalue weighted by molar-refractivity contribution is 7.99. The van der Waals surface area contributed by atoms with E-state index in [2.05, 4.69) is 11.6 Å². The Morgan fingerprint density at radius 1 is 1.25 bits per heavy atom. The van der Waals surface area contributed by atoms with Crippen LogP contribution in [0.5, 0.6) is 0 Å². The highest BCUT2D eigenvalue weighted by Gasteiger charge is 2.18. The molecule has 0 bridgehead atoms. The lowest BCUT2D eigenvalue weighted by atomic mass is 10.1. The molecule has 4 rings (SSSR count). The van der Waals surface area contributed by atoms with E-state index in [1.165, 1.54) is 29.4 Å². The summed E-state index contributed by atoms with van der Waals surface area (Å²) in [5.74, 6) is 0.291. The highest BCUT2D eigenvalue weighted by atomic mass is 32.2. The molecule has 0 aliphatic rings. The number of allylic oxidation sites excluding steroid dienone is 1. The largest absolute Gasteiger partial charge is 0.461 e. The first-order valence-corrected chi connectivity index (χ1v) is 10.4. The molecule has 3 heterocycles. The Kier molecular flexibility index (Phi) is 5.27. The Hall–Kier alpha value is -2.90. The quantitative estimate of drug-likeness (QED) is 0.189. The number of carbonyl (C=O) groups is 1. The van der Waals surface area contributed by atoms with Crippen molar-refractivity contribution < 1.29 is 9.21 Å². The molecule has 3 aromatic heterocycles. The fourth-order valence-electron chi connectivity index (χ4n) is 2.87. The molecule has 140 valence electrons. The number of hydrogen-bond donors (Lipinski definition) is 0. The minimum absolute atomic E-state index is 0.127. The molecule has 0 amide bonds. The van der Waals surface area contributed by atoms with E-state index in [0.717, 1.165) is 11.1 Å². The number of aromatic nitrogens is 2. The summed E-state index contributed by atoms with van der Waals surface area (Å²) in [4.78, 5) is 30.8. The molecule has 0 saturated carbocycles. The summed E-state index contributed by atoms with van der Waals surface area (Å²) in [5, 5.41) is 3.05. The lowest BCUT2D eigenvalue weighted by Gasteiger charge is -2.10. The van der Waals surface area contributed by atoms with Crippen LogP contribution >= 0.6 is 23.1 Å². The maximum atomic E-state index is 13.2. The third-order valence-corrected chi connectivity index (χ3v) is 6.03. The first kappa shape index (κ1) is 18.5. The number of furan rings is 1. The van der Waals surface area contributed by atoms with E-state index in [4.69, 9.17) is 4.42 Å². The van der Waals surface area contributed by atoms with Crippen molar-refractivity contribution in [3.8, 4) is 11.1 Å². The number of thioether (sulfide) groups is 1. The van der Waals surface area contributed by atoms with Gasteiger partial charge in [-0.2, -0.15) is 0 Å². The van der Waals surface area contributed by atoms with Crippen LogP contribution < -0.4 is 5.56 Å². The topological polar surface area (TPSA) is 65.1 Å². The molecule has 0 unspecified atom stereocenters. The third-order valence-electron chi connectivity index (χ3n) is 4.18. The van der Waals surface area contributed by atoms with Crippen molar-refractivity contribution in [3.05, 3.63) is 82.9 Å². The Labute approximate surface area is 169 Å². The van der Waals surface area contributed by atoms with Crippen molar-refractivity contribution in [2.45, 2.75) is 11.7 Å². The van der Waals surface area contributed by atoms with Gasteiger partial charge in [0, 0.05) is 17.5 Å². The number of hydrogen-bond acceptors (Lipinski definition) is 6. The zero-order valence-electron chi connectivity index (χ0n) is 14.8. The summed E-state index contributed by atoms with van der Waals surface area (Å²) in [7, 11) is 0. The van der Waals surface area contributed by atoms with Gasteiger partial charge in [0.1, 0.15) is 4.83 Å². The second-order valence-corrected chi connectivity index (χ2v) is 7.78. The average Bonchev–Trinajstić information content (AvgIpc) is 3.39. The van der Waals surface area contributed by atoms with Crippen molar-refractivity contribution in [3.63, 3.8) is 0 Å². The number of rotatable bonds is 7. The van der Waals surface area contributed by atoms with Gasteiger partial charge in [-0.05, 0) is 17.7 Å². The van der Waals surface area contributed by atoms with Crippen LogP contribution in [0.2, 0.25) is 0 Å². The summed E-state index contributed by atoms with van der Waals surface area (Å²) in [5.41, 5.74) is 1.73. The maximum Gasteiger partial charge on any atom is 0.263 e. The van der Waals surface area contributed by atoms with E-state index < -0.39 is 0 Å². The molecule has 0 N–H and O–H groups in total. The van der Waals surface area contributed by atoms with Gasteiger partial charge in [-0.25, -0.2) is 4.98 Å². The number of fused-ring (bicyclic) bond motifs is 1. The van der Waals surface area contributed by atoms with E-state index >= 15 is 0 Å². The average molecular weight is 409 g/mol. The molecule has 0 radical (unpaired) electrons. The lowest BCUT2D eigenvalue weighted by Crippen LogP contribution is -2.23. The summed E-state index contributed by atoms with van der Waals surface area (Å²) in [6.45, 7) is 4.07. The maximum absolute atomic E-state index is 13.2. The number of nitrogens with zero attached hydrogens (tertiary/aromatic N) is 2. The minimum Gasteiger partial charge on any atom is -0.461 e. The highest BCUT2D eigenvalue weighted by Crippen LogP contribution is 2.32. The molecule has 0 aliphatic heterocycles. The van der Waals surface area contributed by atoms with Crippen LogP contribution in [0.3, 0.4) is 0 Å². The van der Waals surface area contributed by atoms with Gasteiger partial charge in [0.15, 0.2) is 10.9 Å². The van der Waals surface area contributed by atoms with Gasteiger partial charge in [-0.3, -0.25) is 14.2 Å². The fraction of sp³-hybridized carbons (Fsp3) is 0.0952. The van der Waals surface area contributed by atoms with E-state index in [9.17, 15) is 9.59 Å². The predicted molar refractivity (Wildman–Crippen MR) is 113 cm³/mol. The second kappa shape index (κ2) is 8.00. The molecule has 4 aromatic rings. The Balaban J connectivity index is 1.75. The molecular weight excluding hydrogens is 392 g/mol. The van der Waals surface area contributed by atoms with Gasteiger partial charge in [-0.1, -0.05) is 48.2 Å². The van der Waals surface area contributed by atoms with E-state index in [-0.39, 0.29) is 17.1 Å². The zero-order valence-corrected chi connectivity index (χ0v) is 16.5. The summed E-state index contributed by atoms with van der Waals surface area (Å²) >= 11 is 2.66. The van der Waals surface area contributed by atoms with Gasteiger partial charge in [0.25, 0.3) is 5.56 Å². The molecule has 5 nitrogen and oxygen atoms in total. The third kappa shape index (κ3) is 3.46. The van der Waals surface area contributed by atoms with Crippen LogP contribution in [-0.2, 0) is 6.54 Å². The van der Waals surface area contributed by atoms with Crippen LogP contribution in [-0.4, -0.2) is 21.1 Å².